The number of benzene rings is 1. The molecular weight excluding hydrogens is 250 g/mol. The van der Waals surface area contributed by atoms with Crippen molar-refractivity contribution >= 4 is 5.82 Å². The minimum absolute atomic E-state index is 0.698. The first kappa shape index (κ1) is 14.3. The zero-order valence-electron chi connectivity index (χ0n) is 12.5. The number of methoxy groups -OCH3 is 1. The van der Waals surface area contributed by atoms with Crippen LogP contribution in [-0.2, 0) is 0 Å². The number of aromatic nitrogens is 2. The Kier molecular flexibility index (Phi) is 4.56. The summed E-state index contributed by atoms with van der Waals surface area (Å²) in [6.45, 7) is 7.18. The molecule has 0 saturated carbocycles. The first-order chi connectivity index (χ1) is 9.67. The van der Waals surface area contributed by atoms with Gasteiger partial charge in [0.15, 0.2) is 11.6 Å². The molecule has 0 aliphatic heterocycles. The van der Waals surface area contributed by atoms with Crippen molar-refractivity contribution in [3.8, 4) is 17.0 Å². The van der Waals surface area contributed by atoms with E-state index in [4.69, 9.17) is 4.74 Å². The van der Waals surface area contributed by atoms with E-state index >= 15 is 0 Å². The molecule has 1 aromatic carbocycles. The van der Waals surface area contributed by atoms with Gasteiger partial charge in [-0.25, -0.2) is 9.97 Å². The van der Waals surface area contributed by atoms with Crippen molar-refractivity contribution in [2.24, 2.45) is 0 Å². The second kappa shape index (κ2) is 6.37. The van der Waals surface area contributed by atoms with Gasteiger partial charge in [0.2, 0.25) is 0 Å². The summed E-state index contributed by atoms with van der Waals surface area (Å²) < 4.78 is 5.51. The van der Waals surface area contributed by atoms with Gasteiger partial charge in [-0.3, -0.25) is 0 Å². The molecule has 0 atom stereocenters. The Morgan fingerprint density at radius 1 is 1.15 bits per heavy atom. The molecule has 0 fully saturated rings. The van der Waals surface area contributed by atoms with Crippen molar-refractivity contribution in [3.05, 3.63) is 35.7 Å². The van der Waals surface area contributed by atoms with Crippen molar-refractivity contribution in [2.75, 3.05) is 19.0 Å². The number of hydrogen-bond donors (Lipinski definition) is 1. The molecule has 0 bridgehead atoms. The van der Waals surface area contributed by atoms with Gasteiger partial charge in [-0.15, -0.1) is 0 Å². The third kappa shape index (κ3) is 2.90. The summed E-state index contributed by atoms with van der Waals surface area (Å²) in [5.41, 5.74) is 4.38. The summed E-state index contributed by atoms with van der Waals surface area (Å²) in [4.78, 5) is 8.65. The second-order valence-corrected chi connectivity index (χ2v) is 4.83. The highest BCUT2D eigenvalue weighted by Crippen LogP contribution is 2.33. The molecule has 2 rings (SSSR count). The molecule has 0 spiro atoms. The van der Waals surface area contributed by atoms with Crippen LogP contribution < -0.4 is 10.1 Å². The predicted molar refractivity (Wildman–Crippen MR) is 82.3 cm³/mol. The van der Waals surface area contributed by atoms with Crippen LogP contribution in [0.2, 0.25) is 0 Å². The fraction of sp³-hybridized carbons (Fsp3) is 0.375. The number of nitrogens with one attached hydrogen (secondary N) is 1. The van der Waals surface area contributed by atoms with Crippen LogP contribution in [0.1, 0.15) is 24.5 Å². The lowest BCUT2D eigenvalue weighted by Crippen LogP contribution is -2.06. The smallest absolute Gasteiger partial charge is 0.187 e. The predicted octanol–water partition coefficient (Wildman–Crippen LogP) is 3.59. The summed E-state index contributed by atoms with van der Waals surface area (Å²) >= 11 is 0. The van der Waals surface area contributed by atoms with Crippen LogP contribution in [0.5, 0.6) is 5.75 Å². The first-order valence-electron chi connectivity index (χ1n) is 6.87. The highest BCUT2D eigenvalue weighted by atomic mass is 16.5. The van der Waals surface area contributed by atoms with Gasteiger partial charge in [-0.1, -0.05) is 19.1 Å². The van der Waals surface area contributed by atoms with Crippen LogP contribution in [0.4, 0.5) is 5.82 Å². The van der Waals surface area contributed by atoms with E-state index in [1.165, 1.54) is 11.1 Å². The molecular formula is C16H21N3O. The summed E-state index contributed by atoms with van der Waals surface area (Å²) in [6, 6.07) is 6.30. The third-order valence-corrected chi connectivity index (χ3v) is 3.33. The molecule has 4 nitrogen and oxygen atoms in total. The Balaban J connectivity index is 2.47. The molecule has 1 aromatic heterocycles. The Bertz CT molecular complexity index is 596. The van der Waals surface area contributed by atoms with E-state index in [1.807, 2.05) is 0 Å². The first-order valence-corrected chi connectivity index (χ1v) is 6.87. The molecule has 0 amide bonds. The van der Waals surface area contributed by atoms with Crippen LogP contribution in [-0.4, -0.2) is 23.6 Å². The zero-order valence-corrected chi connectivity index (χ0v) is 12.5. The maximum atomic E-state index is 5.51. The average Bonchev–Trinajstić information content (AvgIpc) is 2.47. The number of hydrogen-bond acceptors (Lipinski definition) is 4. The second-order valence-electron chi connectivity index (χ2n) is 4.83. The van der Waals surface area contributed by atoms with E-state index in [9.17, 15) is 0 Å². The van der Waals surface area contributed by atoms with Crippen LogP contribution in [0, 0.1) is 13.8 Å². The fourth-order valence-electron chi connectivity index (χ4n) is 2.03. The van der Waals surface area contributed by atoms with Gasteiger partial charge in [-0.05, 0) is 37.5 Å². The normalized spacial score (nSPS) is 10.4. The minimum Gasteiger partial charge on any atom is -0.491 e. The SMILES string of the molecule is CCCNc1ncnc(-c2ccc(C)c(C)c2)c1OC. The molecule has 0 radical (unpaired) electrons. The van der Waals surface area contributed by atoms with Crippen LogP contribution in [0.15, 0.2) is 24.5 Å². The minimum atomic E-state index is 0.698. The Morgan fingerprint density at radius 3 is 2.60 bits per heavy atom. The summed E-state index contributed by atoms with van der Waals surface area (Å²) in [7, 11) is 1.65. The zero-order chi connectivity index (χ0) is 14.5. The number of ether oxygens (including phenoxy) is 1. The molecule has 0 aliphatic carbocycles. The van der Waals surface area contributed by atoms with Crippen LogP contribution in [0.25, 0.3) is 11.3 Å². The van der Waals surface area contributed by atoms with Crippen molar-refractivity contribution in [1.29, 1.82) is 0 Å². The molecule has 106 valence electrons. The van der Waals surface area contributed by atoms with E-state index in [0.29, 0.717) is 5.75 Å². The Morgan fingerprint density at radius 2 is 1.95 bits per heavy atom. The third-order valence-electron chi connectivity index (χ3n) is 3.33. The van der Waals surface area contributed by atoms with Gasteiger partial charge in [0, 0.05) is 12.1 Å². The largest absolute Gasteiger partial charge is 0.491 e. The monoisotopic (exact) mass is 271 g/mol. The van der Waals surface area contributed by atoms with E-state index < -0.39 is 0 Å². The van der Waals surface area contributed by atoms with Gasteiger partial charge < -0.3 is 10.1 Å². The number of rotatable bonds is 5. The van der Waals surface area contributed by atoms with Crippen molar-refractivity contribution in [3.63, 3.8) is 0 Å². The molecule has 4 heteroatoms. The lowest BCUT2D eigenvalue weighted by Gasteiger charge is -2.13. The quantitative estimate of drug-likeness (QED) is 0.902. The highest BCUT2D eigenvalue weighted by molar-refractivity contribution is 5.73. The van der Waals surface area contributed by atoms with Gasteiger partial charge in [0.1, 0.15) is 12.0 Å². The van der Waals surface area contributed by atoms with Gasteiger partial charge in [-0.2, -0.15) is 0 Å². The van der Waals surface area contributed by atoms with Crippen LogP contribution >= 0.6 is 0 Å². The fourth-order valence-corrected chi connectivity index (χ4v) is 2.03. The summed E-state index contributed by atoms with van der Waals surface area (Å²) in [6.07, 6.45) is 2.61. The molecule has 1 heterocycles. The summed E-state index contributed by atoms with van der Waals surface area (Å²) in [5.74, 6) is 1.45. The number of nitrogens with zero attached hydrogens (tertiary/aromatic N) is 2. The number of anilines is 1. The van der Waals surface area contributed by atoms with E-state index in [2.05, 4.69) is 54.3 Å². The lowest BCUT2D eigenvalue weighted by molar-refractivity contribution is 0.414. The van der Waals surface area contributed by atoms with E-state index in [-0.39, 0.29) is 0 Å². The molecule has 1 N–H and O–H groups in total. The van der Waals surface area contributed by atoms with Gasteiger partial charge >= 0.3 is 0 Å². The van der Waals surface area contributed by atoms with Gasteiger partial charge in [0.05, 0.1) is 7.11 Å². The van der Waals surface area contributed by atoms with Gasteiger partial charge in [0.25, 0.3) is 0 Å². The topological polar surface area (TPSA) is 47.0 Å². The standard InChI is InChI=1S/C16H21N3O/c1-5-8-17-16-15(20-4)14(18-10-19-16)13-7-6-11(2)12(3)9-13/h6-7,9-10H,5,8H2,1-4H3,(H,17,18,19). The maximum Gasteiger partial charge on any atom is 0.187 e. The average molecular weight is 271 g/mol. The lowest BCUT2D eigenvalue weighted by atomic mass is 10.0. The van der Waals surface area contributed by atoms with Crippen molar-refractivity contribution < 1.29 is 4.74 Å². The summed E-state index contributed by atoms with van der Waals surface area (Å²) in [5, 5.41) is 3.27. The molecule has 2 aromatic rings. The molecule has 20 heavy (non-hydrogen) atoms. The maximum absolute atomic E-state index is 5.51. The Labute approximate surface area is 120 Å². The molecule has 0 aliphatic rings. The van der Waals surface area contributed by atoms with E-state index in [1.54, 1.807) is 13.4 Å². The highest BCUT2D eigenvalue weighted by Gasteiger charge is 2.13. The van der Waals surface area contributed by atoms with E-state index in [0.717, 1.165) is 30.0 Å². The van der Waals surface area contributed by atoms with Crippen LogP contribution in [0.3, 0.4) is 0 Å². The number of aryl methyl sites for hydroxylation is 2. The van der Waals surface area contributed by atoms with Crippen molar-refractivity contribution in [2.45, 2.75) is 27.2 Å². The molecule has 0 unspecified atom stereocenters. The Hall–Kier alpha value is -2.10. The molecule has 0 saturated heterocycles. The van der Waals surface area contributed by atoms with Crippen molar-refractivity contribution in [1.82, 2.24) is 9.97 Å².